The van der Waals surface area contributed by atoms with Crippen molar-refractivity contribution in [2.24, 2.45) is 0 Å². The number of amides is 2. The van der Waals surface area contributed by atoms with Crippen molar-refractivity contribution in [3.05, 3.63) is 59.2 Å². The highest BCUT2D eigenvalue weighted by Gasteiger charge is 2.45. The Hall–Kier alpha value is -2.75. The molecule has 33 heavy (non-hydrogen) atoms. The van der Waals surface area contributed by atoms with E-state index in [0.29, 0.717) is 44.1 Å². The molecule has 0 aromatic heterocycles. The van der Waals surface area contributed by atoms with Crippen LogP contribution in [0.5, 0.6) is 0 Å². The SMILES string of the molecule is Cc1ccccc1CNC(=O)CN1C(=O)C(C)(C)c2cc(S(=O)(=O)N3CCOCC3)ccc21. The summed E-state index contributed by atoms with van der Waals surface area (Å²) in [7, 11) is -3.69. The van der Waals surface area contributed by atoms with E-state index < -0.39 is 15.4 Å². The lowest BCUT2D eigenvalue weighted by Gasteiger charge is -2.26. The van der Waals surface area contributed by atoms with Gasteiger partial charge < -0.3 is 15.0 Å². The maximum atomic E-state index is 13.2. The summed E-state index contributed by atoms with van der Waals surface area (Å²) in [5.74, 6) is -0.510. The molecular weight excluding hydrogens is 442 g/mol. The normalized spacial score (nSPS) is 18.3. The van der Waals surface area contributed by atoms with Crippen LogP contribution in [-0.2, 0) is 36.3 Å². The number of hydrogen-bond donors (Lipinski definition) is 1. The van der Waals surface area contributed by atoms with E-state index >= 15 is 0 Å². The number of nitrogens with zero attached hydrogens (tertiary/aromatic N) is 2. The molecule has 2 amide bonds. The first-order chi connectivity index (χ1) is 15.6. The number of fused-ring (bicyclic) bond motifs is 1. The van der Waals surface area contributed by atoms with Crippen LogP contribution >= 0.6 is 0 Å². The largest absolute Gasteiger partial charge is 0.379 e. The van der Waals surface area contributed by atoms with Crippen LogP contribution < -0.4 is 10.2 Å². The van der Waals surface area contributed by atoms with E-state index in [9.17, 15) is 18.0 Å². The number of rotatable bonds is 6. The first-order valence-corrected chi connectivity index (χ1v) is 12.4. The maximum Gasteiger partial charge on any atom is 0.243 e. The minimum atomic E-state index is -3.69. The first-order valence-electron chi connectivity index (χ1n) is 11.0. The fourth-order valence-corrected chi connectivity index (χ4v) is 5.70. The second kappa shape index (κ2) is 8.89. The van der Waals surface area contributed by atoms with Crippen molar-refractivity contribution in [2.75, 3.05) is 37.7 Å². The van der Waals surface area contributed by atoms with Gasteiger partial charge in [0.05, 0.1) is 23.5 Å². The van der Waals surface area contributed by atoms with Crippen molar-refractivity contribution in [1.82, 2.24) is 9.62 Å². The quantitative estimate of drug-likeness (QED) is 0.695. The number of aryl methyl sites for hydroxylation is 1. The summed E-state index contributed by atoms with van der Waals surface area (Å²) in [5.41, 5.74) is 2.32. The van der Waals surface area contributed by atoms with E-state index in [2.05, 4.69) is 5.32 Å². The summed E-state index contributed by atoms with van der Waals surface area (Å²) in [6.07, 6.45) is 0. The van der Waals surface area contributed by atoms with Crippen LogP contribution in [0.3, 0.4) is 0 Å². The number of nitrogens with one attached hydrogen (secondary N) is 1. The molecule has 2 aliphatic heterocycles. The topological polar surface area (TPSA) is 96.0 Å². The predicted octanol–water partition coefficient (Wildman–Crippen LogP) is 1.96. The second-order valence-corrected chi connectivity index (χ2v) is 10.9. The van der Waals surface area contributed by atoms with Gasteiger partial charge in [-0.1, -0.05) is 24.3 Å². The molecule has 2 heterocycles. The number of morpholine rings is 1. The highest BCUT2D eigenvalue weighted by atomic mass is 32.2. The molecule has 1 N–H and O–H groups in total. The number of benzene rings is 2. The lowest BCUT2D eigenvalue weighted by molar-refractivity contribution is -0.125. The monoisotopic (exact) mass is 471 g/mol. The summed E-state index contributed by atoms with van der Waals surface area (Å²) in [6.45, 7) is 7.06. The van der Waals surface area contributed by atoms with Gasteiger partial charge in [-0.05, 0) is 55.7 Å². The van der Waals surface area contributed by atoms with E-state index in [4.69, 9.17) is 4.74 Å². The highest BCUT2D eigenvalue weighted by Crippen LogP contribution is 2.42. The number of carbonyl (C=O) groups is 2. The van der Waals surface area contributed by atoms with Gasteiger partial charge in [0.2, 0.25) is 21.8 Å². The summed E-state index contributed by atoms with van der Waals surface area (Å²) >= 11 is 0. The van der Waals surface area contributed by atoms with E-state index in [1.165, 1.54) is 15.3 Å². The molecule has 0 aliphatic carbocycles. The number of anilines is 1. The number of carbonyl (C=O) groups excluding carboxylic acids is 2. The van der Waals surface area contributed by atoms with Crippen LogP contribution in [0, 0.1) is 6.92 Å². The van der Waals surface area contributed by atoms with Gasteiger partial charge in [-0.25, -0.2) is 8.42 Å². The van der Waals surface area contributed by atoms with E-state index in [0.717, 1.165) is 11.1 Å². The Balaban J connectivity index is 1.55. The van der Waals surface area contributed by atoms with Crippen LogP contribution in [0.4, 0.5) is 5.69 Å². The molecule has 2 aromatic rings. The van der Waals surface area contributed by atoms with E-state index in [1.807, 2.05) is 31.2 Å². The van der Waals surface area contributed by atoms with Gasteiger partial charge in [0.15, 0.2) is 0 Å². The summed E-state index contributed by atoms with van der Waals surface area (Å²) in [6, 6.07) is 12.5. The fourth-order valence-electron chi connectivity index (χ4n) is 4.27. The van der Waals surface area contributed by atoms with Crippen LogP contribution in [0.25, 0.3) is 0 Å². The molecule has 0 radical (unpaired) electrons. The Kier molecular flexibility index (Phi) is 6.30. The molecule has 8 nitrogen and oxygen atoms in total. The van der Waals surface area contributed by atoms with Crippen molar-refractivity contribution in [3.63, 3.8) is 0 Å². The van der Waals surface area contributed by atoms with Crippen LogP contribution in [0.2, 0.25) is 0 Å². The summed E-state index contributed by atoms with van der Waals surface area (Å²) in [5, 5.41) is 2.88. The third kappa shape index (κ3) is 4.40. The molecule has 4 rings (SSSR count). The van der Waals surface area contributed by atoms with Crippen LogP contribution in [0.15, 0.2) is 47.4 Å². The standard InChI is InChI=1S/C24H29N3O5S/c1-17-6-4-5-7-18(17)15-25-22(28)16-27-21-9-8-19(14-20(21)24(2,3)23(27)29)33(30,31)26-10-12-32-13-11-26/h4-9,14H,10-13,15-16H2,1-3H3,(H,25,28). The third-order valence-electron chi connectivity index (χ3n) is 6.36. The molecule has 0 atom stereocenters. The van der Waals surface area contributed by atoms with Gasteiger partial charge in [-0.15, -0.1) is 0 Å². The molecule has 9 heteroatoms. The van der Waals surface area contributed by atoms with Crippen molar-refractivity contribution in [3.8, 4) is 0 Å². The zero-order valence-electron chi connectivity index (χ0n) is 19.1. The van der Waals surface area contributed by atoms with Crippen LogP contribution in [-0.4, -0.2) is 57.4 Å². The number of hydrogen-bond acceptors (Lipinski definition) is 5. The van der Waals surface area contributed by atoms with Gasteiger partial charge in [-0.3, -0.25) is 9.59 Å². The summed E-state index contributed by atoms with van der Waals surface area (Å²) in [4.78, 5) is 27.4. The molecule has 2 aliphatic rings. The van der Waals surface area contributed by atoms with Gasteiger partial charge in [0.25, 0.3) is 0 Å². The van der Waals surface area contributed by atoms with Crippen molar-refractivity contribution >= 4 is 27.5 Å². The number of ether oxygens (including phenoxy) is 1. The van der Waals surface area contributed by atoms with Gasteiger partial charge in [0, 0.05) is 25.3 Å². The molecule has 0 saturated carbocycles. The Morgan fingerprint density at radius 1 is 1.12 bits per heavy atom. The Labute approximate surface area is 194 Å². The highest BCUT2D eigenvalue weighted by molar-refractivity contribution is 7.89. The van der Waals surface area contributed by atoms with Crippen molar-refractivity contribution in [2.45, 2.75) is 37.6 Å². The molecule has 0 spiro atoms. The summed E-state index contributed by atoms with van der Waals surface area (Å²) < 4.78 is 32.9. The molecule has 0 unspecified atom stereocenters. The van der Waals surface area contributed by atoms with Crippen molar-refractivity contribution in [1.29, 1.82) is 0 Å². The van der Waals surface area contributed by atoms with Gasteiger partial charge in [0.1, 0.15) is 6.54 Å². The minimum Gasteiger partial charge on any atom is -0.379 e. The fraction of sp³-hybridized carbons (Fsp3) is 0.417. The Bertz CT molecular complexity index is 1190. The van der Waals surface area contributed by atoms with E-state index in [1.54, 1.807) is 26.0 Å². The van der Waals surface area contributed by atoms with Crippen LogP contribution in [0.1, 0.15) is 30.5 Å². The van der Waals surface area contributed by atoms with E-state index in [-0.39, 0.29) is 23.3 Å². The molecular formula is C24H29N3O5S. The van der Waals surface area contributed by atoms with Crippen molar-refractivity contribution < 1.29 is 22.7 Å². The molecule has 176 valence electrons. The lowest BCUT2D eigenvalue weighted by atomic mass is 9.86. The third-order valence-corrected chi connectivity index (χ3v) is 8.25. The first kappa shape index (κ1) is 23.4. The molecule has 2 aromatic carbocycles. The molecule has 0 bridgehead atoms. The smallest absolute Gasteiger partial charge is 0.243 e. The number of sulfonamides is 1. The lowest BCUT2D eigenvalue weighted by Crippen LogP contribution is -2.42. The Morgan fingerprint density at radius 3 is 2.52 bits per heavy atom. The van der Waals surface area contributed by atoms with Gasteiger partial charge >= 0.3 is 0 Å². The average molecular weight is 472 g/mol. The zero-order valence-corrected chi connectivity index (χ0v) is 19.9. The minimum absolute atomic E-state index is 0.128. The average Bonchev–Trinajstić information content (AvgIpc) is 2.99. The molecule has 1 saturated heterocycles. The maximum absolute atomic E-state index is 13.2. The Morgan fingerprint density at radius 2 is 1.82 bits per heavy atom. The predicted molar refractivity (Wildman–Crippen MR) is 124 cm³/mol. The zero-order chi connectivity index (χ0) is 23.8. The second-order valence-electron chi connectivity index (χ2n) is 8.91. The molecule has 1 fully saturated rings. The van der Waals surface area contributed by atoms with Gasteiger partial charge in [-0.2, -0.15) is 4.31 Å².